The molecule has 0 N–H and O–H groups in total. The van der Waals surface area contributed by atoms with E-state index in [9.17, 15) is 4.79 Å². The molecule has 1 saturated heterocycles. The predicted octanol–water partition coefficient (Wildman–Crippen LogP) is 3.01. The number of Topliss-reactive ketones (excluding diaryl/α,β-unsaturated/α-hetero) is 1. The van der Waals surface area contributed by atoms with Crippen LogP contribution in [0.25, 0.3) is 0 Å². The molecule has 3 heteroatoms. The molecule has 4 fully saturated rings. The third kappa shape index (κ3) is 1.77. The number of ketones is 1. The highest BCUT2D eigenvalue weighted by molar-refractivity contribution is 5.82. The molecule has 0 aromatic rings. The van der Waals surface area contributed by atoms with Crippen molar-refractivity contribution >= 4 is 5.78 Å². The molecule has 0 aromatic heterocycles. The second kappa shape index (κ2) is 4.53. The Labute approximate surface area is 125 Å². The van der Waals surface area contributed by atoms with Crippen LogP contribution in [0.1, 0.15) is 38.5 Å². The number of hydrogen-bond donors (Lipinski definition) is 0. The van der Waals surface area contributed by atoms with Crippen molar-refractivity contribution in [1.82, 2.24) is 0 Å². The Hall–Kier alpha value is -0.930. The number of carbonyl (C=O) groups is 1. The molecule has 5 rings (SSSR count). The molecule has 5 aliphatic rings. The van der Waals surface area contributed by atoms with Gasteiger partial charge in [0.25, 0.3) is 0 Å². The Morgan fingerprint density at radius 1 is 1.00 bits per heavy atom. The molecule has 0 bridgehead atoms. The van der Waals surface area contributed by atoms with Gasteiger partial charge in [0.15, 0.2) is 0 Å². The zero-order valence-electron chi connectivity index (χ0n) is 12.3. The van der Waals surface area contributed by atoms with E-state index < -0.39 is 0 Å². The van der Waals surface area contributed by atoms with E-state index in [-0.39, 0.29) is 0 Å². The van der Waals surface area contributed by atoms with Crippen molar-refractivity contribution in [2.45, 2.75) is 50.7 Å². The van der Waals surface area contributed by atoms with E-state index in [2.05, 4.69) is 12.2 Å². The average molecular weight is 286 g/mol. The van der Waals surface area contributed by atoms with E-state index >= 15 is 0 Å². The number of fused-ring (bicyclic) bond motifs is 7. The molecule has 3 nitrogen and oxygen atoms in total. The fraction of sp³-hybridized carbons (Fsp3) is 0.722. The summed E-state index contributed by atoms with van der Waals surface area (Å²) in [7, 11) is 0. The fourth-order valence-corrected chi connectivity index (χ4v) is 5.70. The van der Waals surface area contributed by atoms with Crippen LogP contribution in [0.4, 0.5) is 0 Å². The molecule has 1 aliphatic heterocycles. The topological polar surface area (TPSA) is 35.5 Å². The lowest BCUT2D eigenvalue weighted by molar-refractivity contribution is -0.119. The summed E-state index contributed by atoms with van der Waals surface area (Å²) in [5, 5.41) is 0. The van der Waals surface area contributed by atoms with E-state index in [4.69, 9.17) is 9.47 Å². The van der Waals surface area contributed by atoms with Crippen LogP contribution in [-0.4, -0.2) is 24.8 Å². The van der Waals surface area contributed by atoms with Crippen LogP contribution in [0.3, 0.4) is 0 Å². The maximum Gasteiger partial charge on any atom is 0.147 e. The van der Waals surface area contributed by atoms with Gasteiger partial charge in [-0.2, -0.15) is 0 Å². The molecular weight excluding hydrogens is 264 g/mol. The summed E-state index contributed by atoms with van der Waals surface area (Å²) in [6.45, 7) is 0.496. The van der Waals surface area contributed by atoms with Gasteiger partial charge in [-0.15, -0.1) is 0 Å². The number of rotatable bonds is 0. The molecule has 6 atom stereocenters. The first-order valence-electron chi connectivity index (χ1n) is 8.46. The quantitative estimate of drug-likeness (QED) is 0.686. The zero-order chi connectivity index (χ0) is 14.0. The summed E-state index contributed by atoms with van der Waals surface area (Å²) >= 11 is 0. The van der Waals surface area contributed by atoms with Gasteiger partial charge in [-0.05, 0) is 49.4 Å². The Balaban J connectivity index is 1.48. The van der Waals surface area contributed by atoms with E-state index in [1.54, 1.807) is 5.57 Å². The van der Waals surface area contributed by atoms with Crippen molar-refractivity contribution in [1.29, 1.82) is 0 Å². The van der Waals surface area contributed by atoms with Crippen molar-refractivity contribution in [3.05, 3.63) is 23.3 Å². The molecule has 0 radical (unpaired) electrons. The van der Waals surface area contributed by atoms with Crippen LogP contribution >= 0.6 is 0 Å². The second-order valence-corrected chi connectivity index (χ2v) is 7.41. The Bertz CT molecular complexity index is 547. The van der Waals surface area contributed by atoms with Crippen molar-refractivity contribution in [3.63, 3.8) is 0 Å². The standard InChI is InChI=1S/C18H22O3/c19-11-2-4-12-10(7-11)1-3-14-13(12)5-6-15-16(14)8-17-18(15)21-9-20-17/h1,3,12-13,15-18H,2,4-9H2. The van der Waals surface area contributed by atoms with Crippen LogP contribution in [-0.2, 0) is 14.3 Å². The van der Waals surface area contributed by atoms with E-state index in [0.29, 0.717) is 54.9 Å². The largest absolute Gasteiger partial charge is 0.349 e. The summed E-state index contributed by atoms with van der Waals surface area (Å²) < 4.78 is 11.6. The number of carbonyl (C=O) groups excluding carboxylic acids is 1. The summed E-state index contributed by atoms with van der Waals surface area (Å²) in [5.74, 6) is 3.10. The molecule has 21 heavy (non-hydrogen) atoms. The first kappa shape index (κ1) is 12.6. The molecular formula is C18H22O3. The number of ether oxygens (including phenoxy) is 2. The monoisotopic (exact) mass is 286 g/mol. The van der Waals surface area contributed by atoms with Gasteiger partial charge in [-0.25, -0.2) is 0 Å². The summed E-state index contributed by atoms with van der Waals surface area (Å²) in [4.78, 5) is 11.7. The van der Waals surface area contributed by atoms with Crippen LogP contribution in [0.5, 0.6) is 0 Å². The molecule has 6 unspecified atom stereocenters. The number of allylic oxidation sites excluding steroid dienone is 4. The van der Waals surface area contributed by atoms with Gasteiger partial charge in [-0.3, -0.25) is 4.79 Å². The first-order chi connectivity index (χ1) is 10.3. The third-order valence-corrected chi connectivity index (χ3v) is 6.59. The highest BCUT2D eigenvalue weighted by atomic mass is 16.7. The van der Waals surface area contributed by atoms with Crippen LogP contribution < -0.4 is 0 Å². The molecule has 0 amide bonds. The lowest BCUT2D eigenvalue weighted by Crippen LogP contribution is -2.36. The second-order valence-electron chi connectivity index (χ2n) is 7.41. The lowest BCUT2D eigenvalue weighted by Gasteiger charge is -2.44. The van der Waals surface area contributed by atoms with Crippen molar-refractivity contribution in [2.24, 2.45) is 23.7 Å². The van der Waals surface area contributed by atoms with Gasteiger partial charge in [0.05, 0.1) is 12.2 Å². The highest BCUT2D eigenvalue weighted by Crippen LogP contribution is 2.55. The minimum absolute atomic E-state index is 0.331. The van der Waals surface area contributed by atoms with Gasteiger partial charge in [-0.1, -0.05) is 23.3 Å². The van der Waals surface area contributed by atoms with Crippen LogP contribution in [0.15, 0.2) is 23.3 Å². The Morgan fingerprint density at radius 3 is 2.90 bits per heavy atom. The first-order valence-corrected chi connectivity index (χ1v) is 8.46. The molecule has 1 heterocycles. The normalized spacial score (nSPS) is 47.9. The average Bonchev–Trinajstić information content (AvgIpc) is 3.07. The van der Waals surface area contributed by atoms with Gasteiger partial charge in [0.2, 0.25) is 0 Å². The maximum atomic E-state index is 11.7. The van der Waals surface area contributed by atoms with Crippen molar-refractivity contribution in [2.75, 3.05) is 6.79 Å². The van der Waals surface area contributed by atoms with Crippen LogP contribution in [0, 0.1) is 23.7 Å². The molecule has 4 aliphatic carbocycles. The Kier molecular flexibility index (Phi) is 2.72. The van der Waals surface area contributed by atoms with E-state index in [0.717, 1.165) is 19.3 Å². The highest BCUT2D eigenvalue weighted by Gasteiger charge is 2.53. The summed E-state index contributed by atoms with van der Waals surface area (Å²) in [6, 6.07) is 0. The molecule has 0 spiro atoms. The van der Waals surface area contributed by atoms with Gasteiger partial charge in [0, 0.05) is 12.8 Å². The molecule has 3 saturated carbocycles. The summed E-state index contributed by atoms with van der Waals surface area (Å²) in [5.41, 5.74) is 3.06. The molecule has 0 aromatic carbocycles. The number of hydrogen-bond acceptors (Lipinski definition) is 3. The summed E-state index contributed by atoms with van der Waals surface area (Å²) in [6.07, 6.45) is 11.6. The smallest absolute Gasteiger partial charge is 0.147 e. The van der Waals surface area contributed by atoms with Gasteiger partial charge >= 0.3 is 0 Å². The minimum atomic E-state index is 0.331. The van der Waals surface area contributed by atoms with Gasteiger partial charge in [0.1, 0.15) is 12.6 Å². The van der Waals surface area contributed by atoms with Gasteiger partial charge < -0.3 is 9.47 Å². The Morgan fingerprint density at radius 2 is 1.95 bits per heavy atom. The minimum Gasteiger partial charge on any atom is -0.349 e. The maximum absolute atomic E-state index is 11.7. The third-order valence-electron chi connectivity index (χ3n) is 6.59. The van der Waals surface area contributed by atoms with E-state index in [1.807, 2.05) is 0 Å². The van der Waals surface area contributed by atoms with Crippen LogP contribution in [0.2, 0.25) is 0 Å². The molecule has 112 valence electrons. The van der Waals surface area contributed by atoms with E-state index in [1.165, 1.54) is 18.4 Å². The zero-order valence-corrected chi connectivity index (χ0v) is 12.3. The predicted molar refractivity (Wildman–Crippen MR) is 77.4 cm³/mol. The van der Waals surface area contributed by atoms with Crippen molar-refractivity contribution in [3.8, 4) is 0 Å². The lowest BCUT2D eigenvalue weighted by atomic mass is 9.61. The van der Waals surface area contributed by atoms with Crippen molar-refractivity contribution < 1.29 is 14.3 Å². The fourth-order valence-electron chi connectivity index (χ4n) is 5.70. The SMILES string of the molecule is O=C1CCC2C(=CC=C3C2CCC2C3CC3OCOC32)C1.